The van der Waals surface area contributed by atoms with E-state index < -0.39 is 23.6 Å². The summed E-state index contributed by atoms with van der Waals surface area (Å²) < 4.78 is 29.5. The van der Waals surface area contributed by atoms with E-state index in [4.69, 9.17) is 5.21 Å². The average molecular weight is 460 g/mol. The van der Waals surface area contributed by atoms with E-state index in [2.05, 4.69) is 20.3 Å². The molecule has 10 heteroatoms. The molecular formula is C24H18F2N6O2. The Hall–Kier alpha value is -4.57. The van der Waals surface area contributed by atoms with Crippen molar-refractivity contribution < 1.29 is 18.8 Å². The fourth-order valence-corrected chi connectivity index (χ4v) is 3.85. The van der Waals surface area contributed by atoms with Gasteiger partial charge < -0.3 is 10.3 Å². The molecule has 4 N–H and O–H groups in total. The van der Waals surface area contributed by atoms with Crippen LogP contribution in [0.2, 0.25) is 0 Å². The molecule has 1 atom stereocenters. The molecule has 5 aromatic rings. The van der Waals surface area contributed by atoms with E-state index in [0.717, 1.165) is 0 Å². The number of rotatable bonds is 6. The SMILES string of the molecule is O=C(NO)c1cnc2ccc(-c3nc[nH]c3C(Nc3cccc(F)c3)c3cccc(F)c3)cn12. The Morgan fingerprint density at radius 1 is 1.03 bits per heavy atom. The summed E-state index contributed by atoms with van der Waals surface area (Å²) in [4.78, 5) is 23.7. The predicted molar refractivity (Wildman–Crippen MR) is 120 cm³/mol. The number of halogens is 2. The van der Waals surface area contributed by atoms with Crippen molar-refractivity contribution in [3.05, 3.63) is 108 Å². The number of aromatic amines is 1. The van der Waals surface area contributed by atoms with Gasteiger partial charge in [-0.25, -0.2) is 24.2 Å². The largest absolute Gasteiger partial charge is 0.373 e. The monoisotopic (exact) mass is 460 g/mol. The standard InChI is InChI=1S/C24H18F2N6O2/c25-16-4-1-3-14(9-16)22(30-18-6-2-5-17(26)10-18)23-21(28-13-29-23)15-7-8-20-27-11-19(24(33)31-34)32(20)12-15/h1-13,22,30,34H,(H,28,29)(H,31,33). The quantitative estimate of drug-likeness (QED) is 0.223. The van der Waals surface area contributed by atoms with Crippen LogP contribution in [0.25, 0.3) is 16.9 Å². The summed E-state index contributed by atoms with van der Waals surface area (Å²) >= 11 is 0. The fraction of sp³-hybridized carbons (Fsp3) is 0.0417. The lowest BCUT2D eigenvalue weighted by Gasteiger charge is -2.21. The first kappa shape index (κ1) is 21.3. The number of hydrogen-bond acceptors (Lipinski definition) is 5. The van der Waals surface area contributed by atoms with Gasteiger partial charge >= 0.3 is 0 Å². The van der Waals surface area contributed by atoms with Crippen molar-refractivity contribution in [3.63, 3.8) is 0 Å². The number of anilines is 1. The Balaban J connectivity index is 1.62. The summed E-state index contributed by atoms with van der Waals surface area (Å²) in [7, 11) is 0. The topological polar surface area (TPSA) is 107 Å². The highest BCUT2D eigenvalue weighted by atomic mass is 19.1. The number of hydroxylamine groups is 1. The molecule has 0 spiro atoms. The first-order chi connectivity index (χ1) is 16.5. The molecule has 0 aliphatic heterocycles. The molecule has 1 amide bonds. The summed E-state index contributed by atoms with van der Waals surface area (Å²) in [6, 6.07) is 15.0. The van der Waals surface area contributed by atoms with Crippen LogP contribution in [0, 0.1) is 11.6 Å². The summed E-state index contributed by atoms with van der Waals surface area (Å²) in [5.41, 5.74) is 5.10. The molecule has 170 valence electrons. The zero-order valence-corrected chi connectivity index (χ0v) is 17.5. The molecule has 0 aliphatic rings. The third-order valence-corrected chi connectivity index (χ3v) is 5.39. The van der Waals surface area contributed by atoms with Gasteiger partial charge in [0.1, 0.15) is 23.0 Å². The van der Waals surface area contributed by atoms with Gasteiger partial charge in [-0.1, -0.05) is 18.2 Å². The highest BCUT2D eigenvalue weighted by Crippen LogP contribution is 2.33. The van der Waals surface area contributed by atoms with E-state index in [0.29, 0.717) is 33.8 Å². The third kappa shape index (κ3) is 3.97. The lowest BCUT2D eigenvalue weighted by Crippen LogP contribution is -2.20. The van der Waals surface area contributed by atoms with Gasteiger partial charge in [-0.15, -0.1) is 0 Å². The van der Waals surface area contributed by atoms with Crippen LogP contribution in [-0.4, -0.2) is 30.5 Å². The first-order valence-electron chi connectivity index (χ1n) is 10.3. The van der Waals surface area contributed by atoms with Crippen molar-refractivity contribution in [2.75, 3.05) is 5.32 Å². The molecule has 5 rings (SSSR count). The molecule has 0 radical (unpaired) electrons. The third-order valence-electron chi connectivity index (χ3n) is 5.39. The van der Waals surface area contributed by atoms with Crippen molar-refractivity contribution in [2.45, 2.75) is 6.04 Å². The smallest absolute Gasteiger partial charge is 0.293 e. The average Bonchev–Trinajstić information content (AvgIpc) is 3.49. The van der Waals surface area contributed by atoms with E-state index in [1.807, 2.05) is 0 Å². The molecule has 0 bridgehead atoms. The van der Waals surface area contributed by atoms with Gasteiger partial charge in [-0.05, 0) is 48.0 Å². The summed E-state index contributed by atoms with van der Waals surface area (Å²) in [6.07, 6.45) is 4.51. The van der Waals surface area contributed by atoms with Crippen LogP contribution in [0.4, 0.5) is 14.5 Å². The van der Waals surface area contributed by atoms with E-state index >= 15 is 0 Å². The molecule has 34 heavy (non-hydrogen) atoms. The Morgan fingerprint density at radius 2 is 1.82 bits per heavy atom. The second-order valence-corrected chi connectivity index (χ2v) is 7.54. The second kappa shape index (κ2) is 8.75. The lowest BCUT2D eigenvalue weighted by molar-refractivity contribution is 0.0699. The van der Waals surface area contributed by atoms with Crippen LogP contribution < -0.4 is 10.8 Å². The van der Waals surface area contributed by atoms with Crippen LogP contribution in [-0.2, 0) is 0 Å². The number of carbonyl (C=O) groups is 1. The molecule has 0 fully saturated rings. The number of nitrogens with zero attached hydrogens (tertiary/aromatic N) is 3. The van der Waals surface area contributed by atoms with E-state index in [9.17, 15) is 13.6 Å². The minimum absolute atomic E-state index is 0.135. The Bertz CT molecular complexity index is 1500. The number of imidazole rings is 2. The van der Waals surface area contributed by atoms with Gasteiger partial charge in [0.25, 0.3) is 5.91 Å². The Morgan fingerprint density at radius 3 is 2.59 bits per heavy atom. The zero-order valence-electron chi connectivity index (χ0n) is 17.5. The highest BCUT2D eigenvalue weighted by Gasteiger charge is 2.22. The Labute approximate surface area is 191 Å². The molecule has 1 unspecified atom stereocenters. The second-order valence-electron chi connectivity index (χ2n) is 7.54. The lowest BCUT2D eigenvalue weighted by atomic mass is 9.99. The van der Waals surface area contributed by atoms with Crippen LogP contribution in [0.1, 0.15) is 27.8 Å². The van der Waals surface area contributed by atoms with Crippen molar-refractivity contribution in [1.29, 1.82) is 0 Å². The number of carbonyl (C=O) groups excluding carboxylic acids is 1. The minimum Gasteiger partial charge on any atom is -0.373 e. The number of H-pyrrole nitrogens is 1. The Kier molecular flexibility index (Phi) is 5.48. The van der Waals surface area contributed by atoms with Crippen LogP contribution in [0.5, 0.6) is 0 Å². The van der Waals surface area contributed by atoms with E-state index in [1.165, 1.54) is 41.2 Å². The molecule has 8 nitrogen and oxygen atoms in total. The van der Waals surface area contributed by atoms with Crippen LogP contribution >= 0.6 is 0 Å². The van der Waals surface area contributed by atoms with E-state index in [1.54, 1.807) is 48.1 Å². The number of hydrogen-bond donors (Lipinski definition) is 4. The van der Waals surface area contributed by atoms with Gasteiger partial charge in [0.2, 0.25) is 0 Å². The molecule has 3 aromatic heterocycles. The number of aromatic nitrogens is 4. The van der Waals surface area contributed by atoms with Gasteiger partial charge in [0.05, 0.1) is 30.0 Å². The van der Waals surface area contributed by atoms with Crippen molar-refractivity contribution >= 4 is 17.2 Å². The number of pyridine rings is 1. The van der Waals surface area contributed by atoms with Crippen molar-refractivity contribution in [1.82, 2.24) is 24.8 Å². The molecule has 0 aliphatic carbocycles. The predicted octanol–water partition coefficient (Wildman–Crippen LogP) is 4.32. The normalized spacial score (nSPS) is 12.0. The van der Waals surface area contributed by atoms with Crippen LogP contribution in [0.15, 0.2) is 79.4 Å². The number of amides is 1. The molecule has 0 saturated carbocycles. The molecule has 3 heterocycles. The van der Waals surface area contributed by atoms with Gasteiger partial charge in [-0.3, -0.25) is 14.4 Å². The van der Waals surface area contributed by atoms with Crippen molar-refractivity contribution in [3.8, 4) is 11.3 Å². The van der Waals surface area contributed by atoms with Gasteiger partial charge in [0.15, 0.2) is 0 Å². The number of benzene rings is 2. The first-order valence-corrected chi connectivity index (χ1v) is 10.3. The highest BCUT2D eigenvalue weighted by molar-refractivity contribution is 5.92. The summed E-state index contributed by atoms with van der Waals surface area (Å²) in [5, 5.41) is 12.3. The van der Waals surface area contributed by atoms with Crippen LogP contribution in [0.3, 0.4) is 0 Å². The molecular weight excluding hydrogens is 442 g/mol. The molecule has 0 saturated heterocycles. The summed E-state index contributed by atoms with van der Waals surface area (Å²) in [5.74, 6) is -1.53. The molecule has 2 aromatic carbocycles. The maximum absolute atomic E-state index is 14.1. The maximum Gasteiger partial charge on any atom is 0.293 e. The zero-order chi connectivity index (χ0) is 23.7. The van der Waals surface area contributed by atoms with E-state index in [-0.39, 0.29) is 5.69 Å². The number of fused-ring (bicyclic) bond motifs is 1. The van der Waals surface area contributed by atoms with Crippen molar-refractivity contribution in [2.24, 2.45) is 0 Å². The van der Waals surface area contributed by atoms with Gasteiger partial charge in [0, 0.05) is 17.4 Å². The summed E-state index contributed by atoms with van der Waals surface area (Å²) in [6.45, 7) is 0. The maximum atomic E-state index is 14.1. The number of nitrogens with one attached hydrogen (secondary N) is 3. The van der Waals surface area contributed by atoms with Gasteiger partial charge in [-0.2, -0.15) is 0 Å². The minimum atomic E-state index is -0.711. The fourth-order valence-electron chi connectivity index (χ4n) is 3.85.